The number of nitrogens with zero attached hydrogens (tertiary/aromatic N) is 3. The smallest absolute Gasteiger partial charge is 0.191 e. The molecular weight excluding hydrogens is 232 g/mol. The number of pyridine rings is 1. The van der Waals surface area contributed by atoms with E-state index >= 15 is 0 Å². The topological polar surface area (TPSA) is 54.5 Å². The summed E-state index contributed by atoms with van der Waals surface area (Å²) in [6, 6.07) is 2.09. The highest BCUT2D eigenvalue weighted by atomic mass is 32.2. The summed E-state index contributed by atoms with van der Waals surface area (Å²) in [6.45, 7) is 4.66. The number of guanidine groups is 1. The van der Waals surface area contributed by atoms with Crippen molar-refractivity contribution in [3.63, 3.8) is 0 Å². The average Bonchev–Trinajstić information content (AvgIpc) is 2.37. The second-order valence-electron chi connectivity index (χ2n) is 4.14. The highest BCUT2D eigenvalue weighted by molar-refractivity contribution is 7.99. The fourth-order valence-electron chi connectivity index (χ4n) is 1.77. The lowest BCUT2D eigenvalue weighted by molar-refractivity contribution is 0.455. The van der Waals surface area contributed by atoms with Gasteiger partial charge in [0.1, 0.15) is 0 Å². The Labute approximate surface area is 106 Å². The summed E-state index contributed by atoms with van der Waals surface area (Å²) in [4.78, 5) is 10.7. The van der Waals surface area contributed by atoms with Crippen molar-refractivity contribution in [3.8, 4) is 0 Å². The Kier molecular flexibility index (Phi) is 4.25. The molecule has 0 amide bonds. The van der Waals surface area contributed by atoms with E-state index < -0.39 is 0 Å². The van der Waals surface area contributed by atoms with Crippen molar-refractivity contribution in [2.45, 2.75) is 13.5 Å². The van der Waals surface area contributed by atoms with Crippen LogP contribution in [0.1, 0.15) is 11.1 Å². The summed E-state index contributed by atoms with van der Waals surface area (Å²) in [5, 5.41) is 0. The third-order valence-corrected chi connectivity index (χ3v) is 3.63. The van der Waals surface area contributed by atoms with E-state index in [-0.39, 0.29) is 0 Å². The van der Waals surface area contributed by atoms with E-state index in [1.807, 2.05) is 31.1 Å². The molecule has 5 heteroatoms. The molecule has 1 fully saturated rings. The van der Waals surface area contributed by atoms with E-state index in [2.05, 4.69) is 20.9 Å². The first-order valence-electron chi connectivity index (χ1n) is 5.79. The first-order chi connectivity index (χ1) is 8.25. The van der Waals surface area contributed by atoms with Gasteiger partial charge in [-0.05, 0) is 18.1 Å². The maximum Gasteiger partial charge on any atom is 0.191 e. The van der Waals surface area contributed by atoms with Crippen LogP contribution < -0.4 is 5.73 Å². The Balaban J connectivity index is 1.95. The van der Waals surface area contributed by atoms with Crippen LogP contribution in [-0.2, 0) is 6.54 Å². The molecule has 2 rings (SSSR count). The van der Waals surface area contributed by atoms with Gasteiger partial charge in [-0.25, -0.2) is 4.99 Å². The Hall–Kier alpha value is -1.23. The molecule has 0 radical (unpaired) electrons. The van der Waals surface area contributed by atoms with Crippen LogP contribution >= 0.6 is 11.8 Å². The fraction of sp³-hybridized carbons (Fsp3) is 0.500. The SMILES string of the molecule is Cc1cncc(CN=C(N)N2CCSCC2)c1. The summed E-state index contributed by atoms with van der Waals surface area (Å²) >= 11 is 1.97. The van der Waals surface area contributed by atoms with Crippen molar-refractivity contribution in [3.05, 3.63) is 29.6 Å². The van der Waals surface area contributed by atoms with Gasteiger partial charge in [0, 0.05) is 37.0 Å². The van der Waals surface area contributed by atoms with Crippen molar-refractivity contribution < 1.29 is 0 Å². The van der Waals surface area contributed by atoms with E-state index in [0.29, 0.717) is 12.5 Å². The van der Waals surface area contributed by atoms with Crippen molar-refractivity contribution in [1.82, 2.24) is 9.88 Å². The molecule has 4 nitrogen and oxygen atoms in total. The minimum atomic E-state index is 0.615. The zero-order valence-corrected chi connectivity index (χ0v) is 10.9. The first-order valence-corrected chi connectivity index (χ1v) is 6.94. The van der Waals surface area contributed by atoms with E-state index in [4.69, 9.17) is 5.73 Å². The first kappa shape index (κ1) is 12.2. The molecule has 1 aliphatic heterocycles. The average molecular weight is 250 g/mol. The molecule has 2 heterocycles. The standard InChI is InChI=1S/C12H18N4S/c1-10-6-11(8-14-7-10)9-15-12(13)16-2-4-17-5-3-16/h6-8H,2-5,9H2,1H3,(H2,13,15). The molecule has 1 aromatic heterocycles. The summed E-state index contributed by atoms with van der Waals surface area (Å²) in [7, 11) is 0. The molecule has 0 unspecified atom stereocenters. The third-order valence-electron chi connectivity index (χ3n) is 2.69. The van der Waals surface area contributed by atoms with Gasteiger partial charge in [-0.2, -0.15) is 11.8 Å². The zero-order chi connectivity index (χ0) is 12.1. The lowest BCUT2D eigenvalue weighted by atomic mass is 10.2. The molecule has 1 saturated heterocycles. The molecule has 0 aliphatic carbocycles. The molecule has 0 saturated carbocycles. The van der Waals surface area contributed by atoms with Crippen LogP contribution in [0.5, 0.6) is 0 Å². The van der Waals surface area contributed by atoms with Gasteiger partial charge in [0.15, 0.2) is 5.96 Å². The van der Waals surface area contributed by atoms with Crippen LogP contribution in [0, 0.1) is 6.92 Å². The predicted molar refractivity (Wildman–Crippen MR) is 73.2 cm³/mol. The van der Waals surface area contributed by atoms with Gasteiger partial charge >= 0.3 is 0 Å². The second-order valence-corrected chi connectivity index (χ2v) is 5.37. The van der Waals surface area contributed by atoms with Crippen LogP contribution in [0.4, 0.5) is 0 Å². The lowest BCUT2D eigenvalue weighted by Gasteiger charge is -2.27. The van der Waals surface area contributed by atoms with E-state index in [9.17, 15) is 0 Å². The van der Waals surface area contributed by atoms with Gasteiger partial charge in [0.25, 0.3) is 0 Å². The molecule has 92 valence electrons. The summed E-state index contributed by atoms with van der Waals surface area (Å²) in [6.07, 6.45) is 3.69. The number of aliphatic imine (C=N–C) groups is 1. The summed E-state index contributed by atoms with van der Waals surface area (Å²) < 4.78 is 0. The largest absolute Gasteiger partial charge is 0.370 e. The van der Waals surface area contributed by atoms with E-state index in [1.54, 1.807) is 0 Å². The molecule has 0 atom stereocenters. The monoisotopic (exact) mass is 250 g/mol. The van der Waals surface area contributed by atoms with Gasteiger partial charge in [-0.3, -0.25) is 4.98 Å². The Bertz CT molecular complexity index is 399. The molecule has 17 heavy (non-hydrogen) atoms. The minimum absolute atomic E-state index is 0.615. The summed E-state index contributed by atoms with van der Waals surface area (Å²) in [5.74, 6) is 2.94. The molecule has 0 spiro atoms. The van der Waals surface area contributed by atoms with E-state index in [0.717, 1.165) is 35.7 Å². The van der Waals surface area contributed by atoms with Gasteiger partial charge in [-0.15, -0.1) is 0 Å². The molecule has 2 N–H and O–H groups in total. The minimum Gasteiger partial charge on any atom is -0.370 e. The second kappa shape index (κ2) is 5.91. The number of hydrogen-bond donors (Lipinski definition) is 1. The van der Waals surface area contributed by atoms with E-state index in [1.165, 1.54) is 0 Å². The van der Waals surface area contributed by atoms with Gasteiger partial charge in [0.2, 0.25) is 0 Å². The van der Waals surface area contributed by atoms with Crippen molar-refractivity contribution in [2.24, 2.45) is 10.7 Å². The molecule has 0 bridgehead atoms. The maximum atomic E-state index is 5.98. The third kappa shape index (κ3) is 3.63. The fourth-order valence-corrected chi connectivity index (χ4v) is 2.67. The summed E-state index contributed by atoms with van der Waals surface area (Å²) in [5.41, 5.74) is 8.25. The van der Waals surface area contributed by atoms with Crippen molar-refractivity contribution in [2.75, 3.05) is 24.6 Å². The number of aromatic nitrogens is 1. The van der Waals surface area contributed by atoms with Crippen LogP contribution in [-0.4, -0.2) is 40.4 Å². The number of nitrogens with two attached hydrogens (primary N) is 1. The van der Waals surface area contributed by atoms with Crippen LogP contribution in [0.15, 0.2) is 23.5 Å². The van der Waals surface area contributed by atoms with Gasteiger partial charge < -0.3 is 10.6 Å². The zero-order valence-electron chi connectivity index (χ0n) is 10.1. The highest BCUT2D eigenvalue weighted by Gasteiger charge is 2.11. The molecule has 1 aromatic rings. The van der Waals surface area contributed by atoms with Crippen molar-refractivity contribution >= 4 is 17.7 Å². The van der Waals surface area contributed by atoms with Crippen molar-refractivity contribution in [1.29, 1.82) is 0 Å². The quantitative estimate of drug-likeness (QED) is 0.634. The number of thioether (sulfide) groups is 1. The Morgan fingerprint density at radius 3 is 2.94 bits per heavy atom. The van der Waals surface area contributed by atoms with Crippen LogP contribution in [0.2, 0.25) is 0 Å². The Morgan fingerprint density at radius 1 is 1.47 bits per heavy atom. The lowest BCUT2D eigenvalue weighted by Crippen LogP contribution is -2.42. The Morgan fingerprint density at radius 2 is 2.24 bits per heavy atom. The normalized spacial score (nSPS) is 17.2. The maximum absolute atomic E-state index is 5.98. The predicted octanol–water partition coefficient (Wildman–Crippen LogP) is 1.25. The number of rotatable bonds is 2. The molecular formula is C12H18N4S. The number of aryl methyl sites for hydroxylation is 1. The highest BCUT2D eigenvalue weighted by Crippen LogP contribution is 2.09. The number of hydrogen-bond acceptors (Lipinski definition) is 3. The van der Waals surface area contributed by atoms with Gasteiger partial charge in [0.05, 0.1) is 6.54 Å². The van der Waals surface area contributed by atoms with Gasteiger partial charge in [-0.1, -0.05) is 6.07 Å². The van der Waals surface area contributed by atoms with Crippen LogP contribution in [0.3, 0.4) is 0 Å². The molecule has 0 aromatic carbocycles. The molecule has 1 aliphatic rings. The van der Waals surface area contributed by atoms with Crippen LogP contribution in [0.25, 0.3) is 0 Å².